The van der Waals surface area contributed by atoms with Gasteiger partial charge in [0.15, 0.2) is 0 Å². The van der Waals surface area contributed by atoms with Crippen molar-refractivity contribution in [1.29, 1.82) is 0 Å². The molecule has 3 nitrogen and oxygen atoms in total. The van der Waals surface area contributed by atoms with E-state index in [0.29, 0.717) is 23.9 Å². The zero-order valence-electron chi connectivity index (χ0n) is 9.06. The smallest absolute Gasteiger partial charge is 0.207 e. The van der Waals surface area contributed by atoms with E-state index in [-0.39, 0.29) is 0 Å². The highest BCUT2D eigenvalue weighted by molar-refractivity contribution is 9.10. The lowest BCUT2D eigenvalue weighted by Crippen LogP contribution is -2.28. The highest BCUT2D eigenvalue weighted by Gasteiger charge is 2.30. The molecule has 1 saturated heterocycles. The van der Waals surface area contributed by atoms with E-state index in [4.69, 9.17) is 0 Å². The summed E-state index contributed by atoms with van der Waals surface area (Å²) < 4.78 is 26.8. The van der Waals surface area contributed by atoms with Gasteiger partial charge in [0.1, 0.15) is 0 Å². The lowest BCUT2D eigenvalue weighted by molar-refractivity contribution is 0.464. The largest absolute Gasteiger partial charge is 0.243 e. The Balaban J connectivity index is 2.32. The Labute approximate surface area is 105 Å². The molecule has 1 atom stereocenters. The third kappa shape index (κ3) is 2.31. The number of benzene rings is 1. The van der Waals surface area contributed by atoms with E-state index < -0.39 is 10.0 Å². The van der Waals surface area contributed by atoms with E-state index >= 15 is 0 Å². The molecule has 2 rings (SSSR count). The molecule has 1 fully saturated rings. The van der Waals surface area contributed by atoms with Crippen LogP contribution in [-0.2, 0) is 10.0 Å². The first-order valence-corrected chi connectivity index (χ1v) is 7.49. The summed E-state index contributed by atoms with van der Waals surface area (Å²) in [6.45, 7) is 3.35. The first-order chi connectivity index (χ1) is 7.50. The van der Waals surface area contributed by atoms with Crippen LogP contribution in [0.3, 0.4) is 0 Å². The van der Waals surface area contributed by atoms with Gasteiger partial charge in [0.25, 0.3) is 0 Å². The van der Waals surface area contributed by atoms with Crippen molar-refractivity contribution in [3.8, 4) is 0 Å². The lowest BCUT2D eigenvalue weighted by atomic mass is 10.2. The number of halogens is 1. The van der Waals surface area contributed by atoms with Gasteiger partial charge in [-0.05, 0) is 30.5 Å². The van der Waals surface area contributed by atoms with Gasteiger partial charge in [-0.25, -0.2) is 8.42 Å². The maximum atomic E-state index is 12.2. The maximum absolute atomic E-state index is 12.2. The molecule has 5 heteroatoms. The predicted octanol–water partition coefficient (Wildman–Crippen LogP) is 2.48. The van der Waals surface area contributed by atoms with Crippen LogP contribution in [0, 0.1) is 5.92 Å². The third-order valence-electron chi connectivity index (χ3n) is 2.82. The van der Waals surface area contributed by atoms with Gasteiger partial charge in [0, 0.05) is 17.6 Å². The van der Waals surface area contributed by atoms with Crippen molar-refractivity contribution in [2.45, 2.75) is 18.2 Å². The Morgan fingerprint density at radius 2 is 2.19 bits per heavy atom. The average Bonchev–Trinajstić information content (AvgIpc) is 2.65. The predicted molar refractivity (Wildman–Crippen MR) is 66.7 cm³/mol. The summed E-state index contributed by atoms with van der Waals surface area (Å²) >= 11 is 3.29. The maximum Gasteiger partial charge on any atom is 0.243 e. The van der Waals surface area contributed by atoms with Gasteiger partial charge in [-0.15, -0.1) is 0 Å². The molecule has 1 aromatic carbocycles. The summed E-state index contributed by atoms with van der Waals surface area (Å²) in [5, 5.41) is 0. The zero-order chi connectivity index (χ0) is 11.8. The highest BCUT2D eigenvalue weighted by atomic mass is 79.9. The molecule has 1 aromatic rings. The normalized spacial score (nSPS) is 22.5. The molecular formula is C11H14BrNO2S. The van der Waals surface area contributed by atoms with Gasteiger partial charge in [-0.3, -0.25) is 0 Å². The summed E-state index contributed by atoms with van der Waals surface area (Å²) in [6.07, 6.45) is 0.952. The van der Waals surface area contributed by atoms with Gasteiger partial charge in [0.05, 0.1) is 4.90 Å². The molecule has 1 unspecified atom stereocenters. The first-order valence-electron chi connectivity index (χ1n) is 5.26. The van der Waals surface area contributed by atoms with Crippen molar-refractivity contribution in [3.63, 3.8) is 0 Å². The number of sulfonamides is 1. The van der Waals surface area contributed by atoms with E-state index in [1.165, 1.54) is 0 Å². The molecule has 0 N–H and O–H groups in total. The number of rotatable bonds is 2. The lowest BCUT2D eigenvalue weighted by Gasteiger charge is -2.16. The minimum atomic E-state index is -3.29. The molecule has 0 amide bonds. The van der Waals surface area contributed by atoms with Crippen molar-refractivity contribution in [1.82, 2.24) is 4.31 Å². The fraction of sp³-hybridized carbons (Fsp3) is 0.455. The quantitative estimate of drug-likeness (QED) is 0.842. The van der Waals surface area contributed by atoms with Crippen LogP contribution in [0.4, 0.5) is 0 Å². The van der Waals surface area contributed by atoms with Crippen LogP contribution < -0.4 is 0 Å². The summed E-state index contributed by atoms with van der Waals surface area (Å²) in [5.74, 6) is 0.460. The third-order valence-corrected chi connectivity index (χ3v) is 5.17. The fourth-order valence-corrected chi connectivity index (χ4v) is 4.06. The van der Waals surface area contributed by atoms with Crippen molar-refractivity contribution >= 4 is 26.0 Å². The molecule has 0 radical (unpaired) electrons. The van der Waals surface area contributed by atoms with Gasteiger partial charge in [0.2, 0.25) is 10.0 Å². The second-order valence-corrected chi connectivity index (χ2v) is 7.07. The minimum absolute atomic E-state index is 0.371. The summed E-state index contributed by atoms with van der Waals surface area (Å²) in [7, 11) is -3.29. The SMILES string of the molecule is CC1CCN(S(=O)(=O)c2cccc(Br)c2)C1. The molecule has 0 bridgehead atoms. The Kier molecular flexibility index (Phi) is 3.37. The van der Waals surface area contributed by atoms with Crippen molar-refractivity contribution in [2.75, 3.05) is 13.1 Å². The van der Waals surface area contributed by atoms with E-state index in [2.05, 4.69) is 22.9 Å². The Morgan fingerprint density at radius 1 is 1.44 bits per heavy atom. The standard InChI is InChI=1S/C11H14BrNO2S/c1-9-5-6-13(8-9)16(14,15)11-4-2-3-10(12)7-11/h2-4,7,9H,5-6,8H2,1H3. The van der Waals surface area contributed by atoms with Crippen molar-refractivity contribution < 1.29 is 8.42 Å². The van der Waals surface area contributed by atoms with E-state index in [1.807, 2.05) is 6.07 Å². The molecule has 0 spiro atoms. The summed E-state index contributed by atoms with van der Waals surface area (Å²) in [6, 6.07) is 6.86. The van der Waals surface area contributed by atoms with Crippen molar-refractivity contribution in [3.05, 3.63) is 28.7 Å². The van der Waals surface area contributed by atoms with Crippen LogP contribution in [0.5, 0.6) is 0 Å². The van der Waals surface area contributed by atoms with Gasteiger partial charge in [-0.2, -0.15) is 4.31 Å². The second kappa shape index (κ2) is 4.47. The fourth-order valence-electron chi connectivity index (χ4n) is 1.89. The summed E-state index contributed by atoms with van der Waals surface area (Å²) in [4.78, 5) is 0.371. The molecule has 0 saturated carbocycles. The second-order valence-electron chi connectivity index (χ2n) is 4.21. The van der Waals surface area contributed by atoms with Gasteiger partial charge < -0.3 is 0 Å². The van der Waals surface area contributed by atoms with Gasteiger partial charge in [-0.1, -0.05) is 28.9 Å². The van der Waals surface area contributed by atoms with Crippen LogP contribution in [0.15, 0.2) is 33.6 Å². The Hall–Kier alpha value is -0.390. The average molecular weight is 304 g/mol. The monoisotopic (exact) mass is 303 g/mol. The van der Waals surface area contributed by atoms with Crippen LogP contribution in [0.2, 0.25) is 0 Å². The molecule has 1 aliphatic heterocycles. The minimum Gasteiger partial charge on any atom is -0.207 e. The van der Waals surface area contributed by atoms with Crippen LogP contribution in [-0.4, -0.2) is 25.8 Å². The topological polar surface area (TPSA) is 37.4 Å². The number of hydrogen-bond acceptors (Lipinski definition) is 2. The van der Waals surface area contributed by atoms with Crippen molar-refractivity contribution in [2.24, 2.45) is 5.92 Å². The number of hydrogen-bond donors (Lipinski definition) is 0. The number of nitrogens with zero attached hydrogens (tertiary/aromatic N) is 1. The molecule has 0 aliphatic carbocycles. The summed E-state index contributed by atoms with van der Waals surface area (Å²) in [5.41, 5.74) is 0. The molecule has 0 aromatic heterocycles. The van der Waals surface area contributed by atoms with E-state index in [0.717, 1.165) is 10.9 Å². The first kappa shape index (κ1) is 12.1. The zero-order valence-corrected chi connectivity index (χ0v) is 11.5. The molecule has 1 heterocycles. The Bertz CT molecular complexity index is 487. The van der Waals surface area contributed by atoms with Gasteiger partial charge >= 0.3 is 0 Å². The molecule has 88 valence electrons. The molecule has 1 aliphatic rings. The molecule has 16 heavy (non-hydrogen) atoms. The molecular weight excluding hydrogens is 290 g/mol. The van der Waals surface area contributed by atoms with Crippen LogP contribution in [0.1, 0.15) is 13.3 Å². The van der Waals surface area contributed by atoms with Crippen LogP contribution >= 0.6 is 15.9 Å². The van der Waals surface area contributed by atoms with Crippen LogP contribution in [0.25, 0.3) is 0 Å². The van der Waals surface area contributed by atoms with E-state index in [1.54, 1.807) is 22.5 Å². The Morgan fingerprint density at radius 3 is 2.75 bits per heavy atom. The highest BCUT2D eigenvalue weighted by Crippen LogP contribution is 2.25. The van der Waals surface area contributed by atoms with E-state index in [9.17, 15) is 8.42 Å².